The topological polar surface area (TPSA) is 237 Å². The fourth-order valence-corrected chi connectivity index (χ4v) is 16.5. The molecule has 3 N–H and O–H groups in total. The lowest BCUT2D eigenvalue weighted by molar-refractivity contribution is -0.161. The zero-order valence-electron chi connectivity index (χ0n) is 74.5. The molecule has 672 valence electrons. The molecule has 0 aromatic heterocycles. The van der Waals surface area contributed by atoms with Gasteiger partial charge in [0.1, 0.15) is 19.3 Å². The van der Waals surface area contributed by atoms with Gasteiger partial charge in [-0.2, -0.15) is 0 Å². The SMILES string of the molecule is CCCCCCCCCCCCCCCCCCCCCCCCC(=O)O[C@H](COC(=O)CCCCCCCCCCCCCCCCCCCCCCC)COP(=O)(O)OC[C@@H](O)COP(=O)(O)OC[C@@H](COC(=O)CCCCCCCCCC(C)C)OC(=O)CCCCCCCCCCCCCCCCCCCCCC. The van der Waals surface area contributed by atoms with Gasteiger partial charge in [-0.05, 0) is 31.6 Å². The Bertz CT molecular complexity index is 2140. The van der Waals surface area contributed by atoms with Crippen molar-refractivity contribution in [1.82, 2.24) is 0 Å². The van der Waals surface area contributed by atoms with Crippen LogP contribution in [-0.4, -0.2) is 96.7 Å². The summed E-state index contributed by atoms with van der Waals surface area (Å²) in [5.41, 5.74) is 0. The van der Waals surface area contributed by atoms with Crippen molar-refractivity contribution in [2.75, 3.05) is 39.6 Å². The zero-order valence-corrected chi connectivity index (χ0v) is 76.3. The van der Waals surface area contributed by atoms with Crippen LogP contribution >= 0.6 is 15.6 Å². The average molecular weight is 1650 g/mol. The lowest BCUT2D eigenvalue weighted by Crippen LogP contribution is -2.30. The van der Waals surface area contributed by atoms with E-state index in [-0.39, 0.29) is 25.7 Å². The van der Waals surface area contributed by atoms with Gasteiger partial charge in [-0.3, -0.25) is 37.3 Å². The van der Waals surface area contributed by atoms with E-state index in [1.54, 1.807) is 0 Å². The van der Waals surface area contributed by atoms with Crippen LogP contribution in [0.2, 0.25) is 0 Å². The molecular weight excluding hydrogens is 1460 g/mol. The van der Waals surface area contributed by atoms with Crippen LogP contribution in [0.25, 0.3) is 0 Å². The molecule has 0 fully saturated rings. The van der Waals surface area contributed by atoms with Gasteiger partial charge in [0, 0.05) is 25.7 Å². The molecule has 0 aliphatic rings. The number of aliphatic hydroxyl groups is 1. The zero-order chi connectivity index (χ0) is 82.6. The number of carbonyl (C=O) groups excluding carboxylic acids is 4. The predicted molar refractivity (Wildman–Crippen MR) is 469 cm³/mol. The Morgan fingerprint density at radius 2 is 0.407 bits per heavy atom. The van der Waals surface area contributed by atoms with Crippen molar-refractivity contribution in [2.24, 2.45) is 5.92 Å². The normalized spacial score (nSPS) is 13.6. The third kappa shape index (κ3) is 87.7. The number of unbranched alkanes of at least 4 members (excludes halogenated alkanes) is 66. The highest BCUT2D eigenvalue weighted by Gasteiger charge is 2.31. The molecule has 19 heteroatoms. The van der Waals surface area contributed by atoms with Crippen LogP contribution < -0.4 is 0 Å². The highest BCUT2D eigenvalue weighted by molar-refractivity contribution is 7.47. The van der Waals surface area contributed by atoms with Gasteiger partial charge in [-0.15, -0.1) is 0 Å². The third-order valence-electron chi connectivity index (χ3n) is 22.3. The van der Waals surface area contributed by atoms with Crippen molar-refractivity contribution in [3.8, 4) is 0 Å². The maximum atomic E-state index is 13.2. The second kappa shape index (κ2) is 86.4. The fourth-order valence-electron chi connectivity index (χ4n) is 14.9. The highest BCUT2D eigenvalue weighted by Crippen LogP contribution is 2.45. The first-order chi connectivity index (χ1) is 55.0. The number of aliphatic hydroxyl groups excluding tert-OH is 1. The van der Waals surface area contributed by atoms with Crippen molar-refractivity contribution in [1.29, 1.82) is 0 Å². The van der Waals surface area contributed by atoms with Crippen LogP contribution in [0, 0.1) is 5.92 Å². The Labute approximate surface area is 696 Å². The summed E-state index contributed by atoms with van der Waals surface area (Å²) in [6.07, 6.45) is 83.8. The number of phosphoric ester groups is 2. The Hall–Kier alpha value is -1.94. The summed E-state index contributed by atoms with van der Waals surface area (Å²) >= 11 is 0. The molecule has 0 aromatic rings. The Balaban J connectivity index is 5.20. The van der Waals surface area contributed by atoms with Crippen LogP contribution in [0.4, 0.5) is 0 Å². The fraction of sp³-hybridized carbons (Fsp3) is 0.957. The van der Waals surface area contributed by atoms with Gasteiger partial charge in [0.2, 0.25) is 0 Å². The minimum absolute atomic E-state index is 0.109. The number of phosphoric acid groups is 2. The molecule has 17 nitrogen and oxygen atoms in total. The summed E-state index contributed by atoms with van der Waals surface area (Å²) in [7, 11) is -9.94. The second-order valence-electron chi connectivity index (χ2n) is 34.2. The molecule has 0 aliphatic carbocycles. The van der Waals surface area contributed by atoms with Crippen molar-refractivity contribution in [3.05, 3.63) is 0 Å². The first-order valence-electron chi connectivity index (χ1n) is 48.6. The molecule has 0 spiro atoms. The number of carbonyl (C=O) groups is 4. The average Bonchev–Trinajstić information content (AvgIpc) is 0.899. The van der Waals surface area contributed by atoms with Crippen molar-refractivity contribution >= 4 is 39.5 Å². The van der Waals surface area contributed by atoms with Gasteiger partial charge in [0.05, 0.1) is 26.4 Å². The maximum absolute atomic E-state index is 13.2. The minimum Gasteiger partial charge on any atom is -0.462 e. The molecule has 0 bridgehead atoms. The molecule has 0 aliphatic heterocycles. The number of esters is 4. The molecule has 0 heterocycles. The smallest absolute Gasteiger partial charge is 0.462 e. The highest BCUT2D eigenvalue weighted by atomic mass is 31.2. The number of ether oxygens (including phenoxy) is 4. The van der Waals surface area contributed by atoms with E-state index in [0.29, 0.717) is 31.6 Å². The summed E-state index contributed by atoms with van der Waals surface area (Å²) < 4.78 is 69.1. The van der Waals surface area contributed by atoms with Crippen LogP contribution in [0.3, 0.4) is 0 Å². The maximum Gasteiger partial charge on any atom is 0.472 e. The monoisotopic (exact) mass is 1650 g/mol. The van der Waals surface area contributed by atoms with Gasteiger partial charge in [0.25, 0.3) is 0 Å². The van der Waals surface area contributed by atoms with E-state index in [1.165, 1.54) is 334 Å². The van der Waals surface area contributed by atoms with Crippen LogP contribution in [-0.2, 0) is 65.4 Å². The van der Waals surface area contributed by atoms with E-state index in [9.17, 15) is 43.2 Å². The van der Waals surface area contributed by atoms with Gasteiger partial charge >= 0.3 is 39.5 Å². The largest absolute Gasteiger partial charge is 0.472 e. The molecule has 0 radical (unpaired) electrons. The Kier molecular flexibility index (Phi) is 85.0. The van der Waals surface area contributed by atoms with E-state index >= 15 is 0 Å². The molecule has 0 aromatic carbocycles. The van der Waals surface area contributed by atoms with Crippen molar-refractivity contribution < 1.29 is 80.2 Å². The second-order valence-corrected chi connectivity index (χ2v) is 37.1. The van der Waals surface area contributed by atoms with Gasteiger partial charge in [-0.1, -0.05) is 465 Å². The van der Waals surface area contributed by atoms with E-state index in [0.717, 1.165) is 96.3 Å². The Morgan fingerprint density at radius 3 is 0.602 bits per heavy atom. The number of hydrogen-bond donors (Lipinski definition) is 3. The lowest BCUT2D eigenvalue weighted by atomic mass is 10.0. The Morgan fingerprint density at radius 1 is 0.239 bits per heavy atom. The summed E-state index contributed by atoms with van der Waals surface area (Å²) in [6, 6.07) is 0. The molecule has 113 heavy (non-hydrogen) atoms. The lowest BCUT2D eigenvalue weighted by Gasteiger charge is -2.21. The molecular formula is C94H184O17P2. The van der Waals surface area contributed by atoms with Crippen LogP contribution in [0.15, 0.2) is 0 Å². The molecule has 0 rings (SSSR count). The number of rotatable bonds is 94. The van der Waals surface area contributed by atoms with E-state index in [2.05, 4.69) is 34.6 Å². The van der Waals surface area contributed by atoms with Crippen molar-refractivity contribution in [2.45, 2.75) is 534 Å². The predicted octanol–water partition coefficient (Wildman–Crippen LogP) is 29.5. The van der Waals surface area contributed by atoms with Gasteiger partial charge < -0.3 is 33.8 Å². The molecule has 5 atom stereocenters. The molecule has 2 unspecified atom stereocenters. The quantitative estimate of drug-likeness (QED) is 0.0222. The summed E-state index contributed by atoms with van der Waals surface area (Å²) in [5, 5.41) is 10.7. The molecule has 0 amide bonds. The van der Waals surface area contributed by atoms with Gasteiger partial charge in [-0.25, -0.2) is 9.13 Å². The molecule has 0 saturated carbocycles. The first kappa shape index (κ1) is 111. The third-order valence-corrected chi connectivity index (χ3v) is 24.2. The van der Waals surface area contributed by atoms with Crippen LogP contribution in [0.5, 0.6) is 0 Å². The summed E-state index contributed by atoms with van der Waals surface area (Å²) in [6.45, 7) is 7.35. The summed E-state index contributed by atoms with van der Waals surface area (Å²) in [5.74, 6) is -1.39. The van der Waals surface area contributed by atoms with Gasteiger partial charge in [0.15, 0.2) is 12.2 Å². The van der Waals surface area contributed by atoms with E-state index in [1.807, 2.05) is 0 Å². The standard InChI is InChI=1S/C94H184O17P2/c1-6-9-12-15-18-21-24-27-30-33-36-39-41-44-47-50-53-56-59-64-69-74-79-93(98)110-89(83-104-91(96)77-72-67-62-57-54-51-48-45-43-40-37-34-31-28-25-22-19-16-13-10-7-2)85-108-112(100,101)106-81-88(95)82-107-113(102,103)109-86-90(84-105-92(97)78-73-68-65-60-61-66-71-76-87(4)5)111-94(99)80-75-70-63-58-55-52-49-46-42-38-35-32-29-26-23-20-17-14-11-8-3/h87-90,95H,6-86H2,1-5H3,(H,100,101)(H,102,103)/t88-,89-,90-/m1/s1. The molecule has 0 saturated heterocycles. The van der Waals surface area contributed by atoms with Crippen LogP contribution in [0.1, 0.15) is 516 Å². The summed E-state index contributed by atoms with van der Waals surface area (Å²) in [4.78, 5) is 73.5. The minimum atomic E-state index is -4.97. The van der Waals surface area contributed by atoms with E-state index < -0.39 is 97.5 Å². The van der Waals surface area contributed by atoms with E-state index in [4.69, 9.17) is 37.0 Å². The first-order valence-corrected chi connectivity index (χ1v) is 51.6. The number of hydrogen-bond acceptors (Lipinski definition) is 15. The van der Waals surface area contributed by atoms with Crippen molar-refractivity contribution in [3.63, 3.8) is 0 Å².